The molecular formula is C12H17NO2S. The Morgan fingerprint density at radius 3 is 2.06 bits per heavy atom. The minimum absolute atomic E-state index is 0.0798. The van der Waals surface area contributed by atoms with E-state index in [0.717, 1.165) is 5.56 Å². The van der Waals surface area contributed by atoms with Crippen LogP contribution in [0.5, 0.6) is 0 Å². The second kappa shape index (κ2) is 4.78. The molecule has 0 bridgehead atoms. The maximum absolute atomic E-state index is 12.2. The Kier molecular flexibility index (Phi) is 3.86. The molecule has 0 N–H and O–H groups in total. The molecule has 16 heavy (non-hydrogen) atoms. The van der Waals surface area contributed by atoms with Gasteiger partial charge in [-0.1, -0.05) is 31.5 Å². The highest BCUT2D eigenvalue weighted by molar-refractivity contribution is 7.92. The van der Waals surface area contributed by atoms with Crippen molar-refractivity contribution < 1.29 is 8.42 Å². The van der Waals surface area contributed by atoms with Gasteiger partial charge in [0.15, 0.2) is 5.37 Å². The Labute approximate surface area is 97.1 Å². The van der Waals surface area contributed by atoms with Crippen molar-refractivity contribution in [3.05, 3.63) is 29.8 Å². The van der Waals surface area contributed by atoms with Gasteiger partial charge in [0.1, 0.15) is 0 Å². The van der Waals surface area contributed by atoms with E-state index in [1.165, 1.54) is 0 Å². The van der Waals surface area contributed by atoms with Gasteiger partial charge in [0.05, 0.1) is 4.90 Å². The summed E-state index contributed by atoms with van der Waals surface area (Å²) in [6, 6.07) is 6.80. The van der Waals surface area contributed by atoms with Crippen LogP contribution < -0.4 is 0 Å². The lowest BCUT2D eigenvalue weighted by molar-refractivity contribution is 0.539. The zero-order chi connectivity index (χ0) is 12.3. The van der Waals surface area contributed by atoms with E-state index >= 15 is 0 Å². The first-order valence-electron chi connectivity index (χ1n) is 5.16. The first-order valence-corrected chi connectivity index (χ1v) is 6.70. The molecule has 0 saturated heterocycles. The van der Waals surface area contributed by atoms with Gasteiger partial charge in [0.25, 0.3) is 0 Å². The number of rotatable bonds is 4. The van der Waals surface area contributed by atoms with Gasteiger partial charge in [-0.05, 0) is 31.7 Å². The highest BCUT2D eigenvalue weighted by Crippen LogP contribution is 2.22. The van der Waals surface area contributed by atoms with E-state index in [1.807, 2.05) is 20.8 Å². The van der Waals surface area contributed by atoms with Crippen molar-refractivity contribution in [2.75, 3.05) is 0 Å². The van der Waals surface area contributed by atoms with Gasteiger partial charge in [-0.25, -0.2) is 8.42 Å². The van der Waals surface area contributed by atoms with E-state index in [1.54, 1.807) is 24.3 Å². The molecule has 0 amide bonds. The van der Waals surface area contributed by atoms with Crippen LogP contribution in [0.3, 0.4) is 0 Å². The van der Waals surface area contributed by atoms with Gasteiger partial charge in [0, 0.05) is 0 Å². The molecule has 88 valence electrons. The van der Waals surface area contributed by atoms with Crippen LogP contribution in [-0.2, 0) is 9.84 Å². The lowest BCUT2D eigenvalue weighted by atomic mass is 10.2. The fraction of sp³-hybridized carbons (Fsp3) is 0.417. The van der Waals surface area contributed by atoms with Crippen molar-refractivity contribution >= 4 is 16.6 Å². The van der Waals surface area contributed by atoms with Crippen LogP contribution in [0.4, 0.5) is 0 Å². The van der Waals surface area contributed by atoms with Crippen molar-refractivity contribution in [2.45, 2.75) is 31.0 Å². The van der Waals surface area contributed by atoms with Gasteiger partial charge < -0.3 is 0 Å². The Hall–Kier alpha value is -1.16. The quantitative estimate of drug-likeness (QED) is 0.758. The number of hydrogen-bond donors (Lipinski definition) is 0. The van der Waals surface area contributed by atoms with Gasteiger partial charge in [-0.15, -0.1) is 0 Å². The standard InChI is InChI=1S/C12H17NO2S/c1-9(2)12(13-4)16(14,15)11-7-5-10(3)6-8-11/h5-9,12H,4H2,1-3H3. The molecular weight excluding hydrogens is 222 g/mol. The van der Waals surface area contributed by atoms with Crippen LogP contribution >= 0.6 is 0 Å². The van der Waals surface area contributed by atoms with E-state index in [0.29, 0.717) is 4.90 Å². The Morgan fingerprint density at radius 1 is 1.19 bits per heavy atom. The molecule has 0 aliphatic heterocycles. The smallest absolute Gasteiger partial charge is 0.201 e. The van der Waals surface area contributed by atoms with Crippen LogP contribution in [0.25, 0.3) is 0 Å². The molecule has 0 spiro atoms. The zero-order valence-corrected chi connectivity index (χ0v) is 10.7. The summed E-state index contributed by atoms with van der Waals surface area (Å²) in [5.74, 6) is -0.0798. The molecule has 3 nitrogen and oxygen atoms in total. The summed E-state index contributed by atoms with van der Waals surface area (Å²) < 4.78 is 24.4. The summed E-state index contributed by atoms with van der Waals surface area (Å²) in [5, 5.41) is -0.768. The minimum Gasteiger partial charge on any atom is -0.281 e. The van der Waals surface area contributed by atoms with Gasteiger partial charge in [0.2, 0.25) is 9.84 Å². The monoisotopic (exact) mass is 239 g/mol. The van der Waals surface area contributed by atoms with E-state index < -0.39 is 15.2 Å². The lowest BCUT2D eigenvalue weighted by Gasteiger charge is -2.16. The summed E-state index contributed by atoms with van der Waals surface area (Å²) >= 11 is 0. The molecule has 0 aliphatic rings. The predicted molar refractivity (Wildman–Crippen MR) is 66.5 cm³/mol. The van der Waals surface area contributed by atoms with Crippen LogP contribution in [0.2, 0.25) is 0 Å². The summed E-state index contributed by atoms with van der Waals surface area (Å²) in [5.41, 5.74) is 1.03. The molecule has 0 fully saturated rings. The van der Waals surface area contributed by atoms with Crippen LogP contribution in [0.15, 0.2) is 34.2 Å². The van der Waals surface area contributed by atoms with E-state index in [-0.39, 0.29) is 5.92 Å². The maximum atomic E-state index is 12.2. The molecule has 0 radical (unpaired) electrons. The molecule has 1 aromatic carbocycles. The maximum Gasteiger partial charge on any atom is 0.201 e. The molecule has 1 aromatic rings. The van der Waals surface area contributed by atoms with Gasteiger partial charge in [-0.2, -0.15) is 0 Å². The fourth-order valence-corrected chi connectivity index (χ4v) is 3.24. The first kappa shape index (κ1) is 12.9. The largest absolute Gasteiger partial charge is 0.281 e. The number of nitrogens with zero attached hydrogens (tertiary/aromatic N) is 1. The van der Waals surface area contributed by atoms with E-state index in [9.17, 15) is 8.42 Å². The molecule has 1 atom stereocenters. The van der Waals surface area contributed by atoms with Crippen molar-refractivity contribution in [2.24, 2.45) is 10.9 Å². The first-order chi connectivity index (χ1) is 7.39. The summed E-state index contributed by atoms with van der Waals surface area (Å²) in [6.07, 6.45) is 0. The molecule has 0 aliphatic carbocycles. The fourth-order valence-electron chi connectivity index (χ4n) is 1.53. The van der Waals surface area contributed by atoms with Gasteiger partial charge in [-0.3, -0.25) is 4.99 Å². The van der Waals surface area contributed by atoms with E-state index in [4.69, 9.17) is 0 Å². The third-order valence-electron chi connectivity index (χ3n) is 2.42. The summed E-state index contributed by atoms with van der Waals surface area (Å²) in [4.78, 5) is 4.03. The number of aryl methyl sites for hydroxylation is 1. The van der Waals surface area contributed by atoms with Crippen LogP contribution in [-0.4, -0.2) is 20.5 Å². The molecule has 1 rings (SSSR count). The molecule has 1 unspecified atom stereocenters. The molecule has 0 heterocycles. The highest BCUT2D eigenvalue weighted by atomic mass is 32.2. The van der Waals surface area contributed by atoms with Crippen molar-refractivity contribution in [3.8, 4) is 0 Å². The lowest BCUT2D eigenvalue weighted by Crippen LogP contribution is -2.24. The molecule has 0 aromatic heterocycles. The number of benzene rings is 1. The van der Waals surface area contributed by atoms with Crippen molar-refractivity contribution in [3.63, 3.8) is 0 Å². The average Bonchev–Trinajstić information content (AvgIpc) is 2.18. The third-order valence-corrected chi connectivity index (χ3v) is 4.68. The van der Waals surface area contributed by atoms with Crippen LogP contribution in [0, 0.1) is 12.8 Å². The third kappa shape index (κ3) is 2.50. The average molecular weight is 239 g/mol. The van der Waals surface area contributed by atoms with Gasteiger partial charge >= 0.3 is 0 Å². The van der Waals surface area contributed by atoms with Crippen LogP contribution in [0.1, 0.15) is 19.4 Å². The van der Waals surface area contributed by atoms with E-state index in [2.05, 4.69) is 11.7 Å². The zero-order valence-electron chi connectivity index (χ0n) is 9.84. The topological polar surface area (TPSA) is 46.5 Å². The number of aliphatic imine (C=N–C) groups is 1. The summed E-state index contributed by atoms with van der Waals surface area (Å²) in [7, 11) is -3.40. The molecule has 4 heteroatoms. The summed E-state index contributed by atoms with van der Waals surface area (Å²) in [6.45, 7) is 8.93. The normalized spacial score (nSPS) is 13.8. The Balaban J connectivity index is 3.20. The number of sulfone groups is 1. The second-order valence-corrected chi connectivity index (χ2v) is 6.22. The van der Waals surface area contributed by atoms with Crippen molar-refractivity contribution in [1.82, 2.24) is 0 Å². The Morgan fingerprint density at radius 2 is 1.69 bits per heavy atom. The SMILES string of the molecule is C=NC(C(C)C)S(=O)(=O)c1ccc(C)cc1. The number of hydrogen-bond acceptors (Lipinski definition) is 3. The minimum atomic E-state index is -3.40. The second-order valence-electron chi connectivity index (χ2n) is 4.18. The highest BCUT2D eigenvalue weighted by Gasteiger charge is 2.28. The van der Waals surface area contributed by atoms with Crippen molar-refractivity contribution in [1.29, 1.82) is 0 Å². The predicted octanol–water partition coefficient (Wildman–Crippen LogP) is 2.45. The molecule has 0 saturated carbocycles. The Bertz CT molecular complexity index is 460.